The van der Waals surface area contributed by atoms with E-state index >= 15 is 0 Å². The first kappa shape index (κ1) is 6.09. The van der Waals surface area contributed by atoms with E-state index in [0.717, 1.165) is 5.92 Å². The molecule has 2 bridgehead atoms. The fraction of sp³-hybridized carbons (Fsp3) is 0.500. The fourth-order valence-electron chi connectivity index (χ4n) is 2.36. The summed E-state index contributed by atoms with van der Waals surface area (Å²) in [4.78, 5) is 0. The van der Waals surface area contributed by atoms with Gasteiger partial charge >= 0.3 is 0 Å². The summed E-state index contributed by atoms with van der Waals surface area (Å²) in [5.74, 6) is 1.46. The summed E-state index contributed by atoms with van der Waals surface area (Å²) >= 11 is 0. The maximum atomic E-state index is 4.19. The predicted molar refractivity (Wildman–Crippen MR) is 43.3 cm³/mol. The topological polar surface area (TPSA) is 0 Å². The number of allylic oxidation sites excluding steroid dienone is 4. The van der Waals surface area contributed by atoms with Crippen molar-refractivity contribution in [2.45, 2.75) is 13.8 Å². The van der Waals surface area contributed by atoms with Gasteiger partial charge in [-0.1, -0.05) is 25.2 Å². The summed E-state index contributed by atoms with van der Waals surface area (Å²) in [5.41, 5.74) is 1.76. The van der Waals surface area contributed by atoms with Gasteiger partial charge in [0.1, 0.15) is 5.41 Å². The molecule has 3 aliphatic rings. The van der Waals surface area contributed by atoms with Gasteiger partial charge in [-0.2, -0.15) is 0 Å². The minimum Gasteiger partial charge on any atom is -0.0757 e. The van der Waals surface area contributed by atoms with Crippen molar-refractivity contribution in [1.82, 2.24) is 0 Å². The van der Waals surface area contributed by atoms with Crippen molar-refractivity contribution >= 4 is 0 Å². The van der Waals surface area contributed by atoms with Gasteiger partial charge in [-0.05, 0) is 18.4 Å². The van der Waals surface area contributed by atoms with Crippen LogP contribution in [-0.2, 0) is 0 Å². The van der Waals surface area contributed by atoms with E-state index in [2.05, 4.69) is 39.0 Å². The summed E-state index contributed by atoms with van der Waals surface area (Å²) in [6.07, 6.45) is 6.66. The molecule has 0 saturated heterocycles. The second-order valence-electron chi connectivity index (χ2n) is 3.74. The van der Waals surface area contributed by atoms with Crippen LogP contribution in [0.2, 0.25) is 0 Å². The minimum atomic E-state index is 0.230. The van der Waals surface area contributed by atoms with Crippen LogP contribution in [0.1, 0.15) is 13.8 Å². The van der Waals surface area contributed by atoms with Gasteiger partial charge in [-0.15, -0.1) is 0 Å². The third-order valence-corrected chi connectivity index (χ3v) is 3.02. The molecule has 0 heteroatoms. The first-order valence-electron chi connectivity index (χ1n) is 3.88. The standard InChI is InChI=1S/C10H13/c1-7-8-5-4-6-9(7)10(8,2)3/h4-8H,2H2,1,3H3/q+1. The Morgan fingerprint density at radius 3 is 2.50 bits per heavy atom. The molecule has 52 valence electrons. The van der Waals surface area contributed by atoms with E-state index in [1.54, 1.807) is 0 Å². The Kier molecular flexibility index (Phi) is 0.912. The van der Waals surface area contributed by atoms with Crippen LogP contribution in [-0.4, -0.2) is 0 Å². The highest BCUT2D eigenvalue weighted by Crippen LogP contribution is 2.57. The largest absolute Gasteiger partial charge is 0.131 e. The van der Waals surface area contributed by atoms with Gasteiger partial charge in [0.15, 0.2) is 0 Å². The minimum absolute atomic E-state index is 0.230. The molecule has 0 aliphatic heterocycles. The number of fused-ring (bicyclic) bond motifs is 1. The van der Waals surface area contributed by atoms with Crippen molar-refractivity contribution in [2.75, 3.05) is 0 Å². The molecule has 3 atom stereocenters. The first-order valence-corrected chi connectivity index (χ1v) is 3.88. The monoisotopic (exact) mass is 133 g/mol. The summed E-state index contributed by atoms with van der Waals surface area (Å²) < 4.78 is 0. The lowest BCUT2D eigenvalue weighted by Gasteiger charge is -2.48. The third-order valence-electron chi connectivity index (χ3n) is 3.02. The zero-order chi connectivity index (χ0) is 7.35. The van der Waals surface area contributed by atoms with Crippen molar-refractivity contribution in [3.63, 3.8) is 0 Å². The smallest absolute Gasteiger partial charge is 0.0757 e. The highest BCUT2D eigenvalue weighted by Gasteiger charge is 2.54. The zero-order valence-electron chi connectivity index (χ0n) is 6.59. The van der Waals surface area contributed by atoms with Crippen molar-refractivity contribution in [3.8, 4) is 0 Å². The Hall–Kier alpha value is -0.650. The van der Waals surface area contributed by atoms with Crippen LogP contribution in [0.3, 0.4) is 0 Å². The van der Waals surface area contributed by atoms with Crippen molar-refractivity contribution in [1.29, 1.82) is 0 Å². The van der Waals surface area contributed by atoms with Crippen molar-refractivity contribution < 1.29 is 0 Å². The van der Waals surface area contributed by atoms with E-state index in [9.17, 15) is 0 Å². The lowest BCUT2D eigenvalue weighted by molar-refractivity contribution is 0.167. The molecule has 3 aliphatic carbocycles. The molecule has 0 aromatic heterocycles. The Labute approximate surface area is 62.6 Å². The summed E-state index contributed by atoms with van der Waals surface area (Å²) in [5, 5.41) is 0. The Morgan fingerprint density at radius 2 is 2.30 bits per heavy atom. The molecule has 0 amide bonds. The van der Waals surface area contributed by atoms with Crippen LogP contribution >= 0.6 is 0 Å². The molecule has 3 unspecified atom stereocenters. The third kappa shape index (κ3) is 0.461. The molecule has 0 heterocycles. The van der Waals surface area contributed by atoms with Crippen LogP contribution in [0.5, 0.6) is 0 Å². The van der Waals surface area contributed by atoms with Crippen LogP contribution in [0, 0.1) is 24.2 Å². The van der Waals surface area contributed by atoms with E-state index in [4.69, 9.17) is 0 Å². The van der Waals surface area contributed by atoms with Crippen LogP contribution in [0.4, 0.5) is 0 Å². The highest BCUT2D eigenvalue weighted by molar-refractivity contribution is 5.40. The maximum absolute atomic E-state index is 4.19. The number of rotatable bonds is 0. The van der Waals surface area contributed by atoms with E-state index in [1.807, 2.05) is 0 Å². The second kappa shape index (κ2) is 1.50. The Bertz CT molecular complexity index is 218. The lowest BCUT2D eigenvalue weighted by atomic mass is 9.51. The second-order valence-corrected chi connectivity index (χ2v) is 3.74. The molecule has 0 spiro atoms. The molecule has 0 radical (unpaired) electrons. The molecular weight excluding hydrogens is 120 g/mol. The Morgan fingerprint density at radius 1 is 1.60 bits per heavy atom. The number of hydrogen-bond donors (Lipinski definition) is 0. The molecule has 0 aromatic rings. The van der Waals surface area contributed by atoms with E-state index < -0.39 is 0 Å². The fourth-order valence-corrected chi connectivity index (χ4v) is 2.36. The van der Waals surface area contributed by atoms with E-state index in [1.165, 1.54) is 5.57 Å². The lowest BCUT2D eigenvalue weighted by Crippen LogP contribution is -2.45. The van der Waals surface area contributed by atoms with Gasteiger partial charge in [0, 0.05) is 5.92 Å². The molecule has 1 saturated carbocycles. The van der Waals surface area contributed by atoms with E-state index in [-0.39, 0.29) is 5.41 Å². The van der Waals surface area contributed by atoms with Crippen molar-refractivity contribution in [2.24, 2.45) is 17.3 Å². The van der Waals surface area contributed by atoms with Gasteiger partial charge in [0.25, 0.3) is 0 Å². The van der Waals surface area contributed by atoms with Crippen molar-refractivity contribution in [3.05, 3.63) is 30.7 Å². The molecule has 0 N–H and O–H groups in total. The normalized spacial score (nSPS) is 50.0. The molecule has 10 heavy (non-hydrogen) atoms. The van der Waals surface area contributed by atoms with Crippen LogP contribution in [0.25, 0.3) is 0 Å². The number of hydrogen-bond acceptors (Lipinski definition) is 0. The molecule has 3 rings (SSSR count). The average Bonchev–Trinajstić information content (AvgIpc) is 1.88. The molecular formula is C10H13+. The van der Waals surface area contributed by atoms with Crippen LogP contribution in [0.15, 0.2) is 23.8 Å². The molecule has 0 nitrogen and oxygen atoms in total. The first-order chi connectivity index (χ1) is 4.64. The maximum Gasteiger partial charge on any atom is 0.131 e. The summed E-state index contributed by atoms with van der Waals surface area (Å²) in [6.45, 7) is 8.70. The van der Waals surface area contributed by atoms with Gasteiger partial charge in [0.05, 0.1) is 6.92 Å². The van der Waals surface area contributed by atoms with E-state index in [0.29, 0.717) is 5.92 Å². The van der Waals surface area contributed by atoms with Crippen LogP contribution < -0.4 is 0 Å². The van der Waals surface area contributed by atoms with Gasteiger partial charge in [-0.3, -0.25) is 0 Å². The van der Waals surface area contributed by atoms with Gasteiger partial charge in [-0.25, -0.2) is 0 Å². The zero-order valence-corrected chi connectivity index (χ0v) is 6.59. The molecule has 0 aromatic carbocycles. The Balaban J connectivity index is 2.40. The molecule has 1 fully saturated rings. The SMILES string of the molecule is [CH2+]C1(C)C2=CC=CC1C2C. The highest BCUT2D eigenvalue weighted by atomic mass is 14.5. The predicted octanol–water partition coefficient (Wildman–Crippen LogP) is 2.59. The average molecular weight is 133 g/mol. The van der Waals surface area contributed by atoms with Gasteiger partial charge < -0.3 is 0 Å². The summed E-state index contributed by atoms with van der Waals surface area (Å²) in [6, 6.07) is 0. The summed E-state index contributed by atoms with van der Waals surface area (Å²) in [7, 11) is 0. The quantitative estimate of drug-likeness (QED) is 0.445. The van der Waals surface area contributed by atoms with Gasteiger partial charge in [0.2, 0.25) is 0 Å².